The highest BCUT2D eigenvalue weighted by Crippen LogP contribution is 2.36. The molecule has 1 atom stereocenters. The number of hydrogen-bond donors (Lipinski definition) is 1. The van der Waals surface area contributed by atoms with Gasteiger partial charge in [-0.05, 0) is 12.5 Å². The van der Waals surface area contributed by atoms with Crippen molar-refractivity contribution in [2.75, 3.05) is 25.9 Å². The number of nitrogens with zero attached hydrogens (tertiary/aromatic N) is 2. The van der Waals surface area contributed by atoms with Gasteiger partial charge < -0.3 is 15.1 Å². The Morgan fingerprint density at radius 1 is 1.25 bits per heavy atom. The van der Waals surface area contributed by atoms with E-state index < -0.39 is 15.7 Å². The van der Waals surface area contributed by atoms with E-state index in [9.17, 15) is 13.8 Å². The molecule has 3 amide bonds. The van der Waals surface area contributed by atoms with Crippen LogP contribution in [0.25, 0.3) is 0 Å². The monoisotopic (exact) mass is 349 g/mol. The summed E-state index contributed by atoms with van der Waals surface area (Å²) >= 11 is 0. The van der Waals surface area contributed by atoms with E-state index in [2.05, 4.69) is 5.32 Å². The average Bonchev–Trinajstić information content (AvgIpc) is 2.79. The number of hydrogen-bond acceptors (Lipinski definition) is 3. The van der Waals surface area contributed by atoms with Crippen molar-refractivity contribution in [3.05, 3.63) is 35.4 Å². The van der Waals surface area contributed by atoms with Crippen LogP contribution in [0.2, 0.25) is 0 Å². The van der Waals surface area contributed by atoms with E-state index in [-0.39, 0.29) is 17.7 Å². The van der Waals surface area contributed by atoms with Crippen LogP contribution in [0.1, 0.15) is 24.0 Å². The topological polar surface area (TPSA) is 69.7 Å². The molecule has 1 spiro atoms. The summed E-state index contributed by atoms with van der Waals surface area (Å²) in [7, 11) is 0.549. The quantitative estimate of drug-likeness (QED) is 0.873. The minimum atomic E-state index is -1.17. The highest BCUT2D eigenvalue weighted by Gasteiger charge is 2.51. The Hall–Kier alpha value is -1.89. The molecule has 0 bridgehead atoms. The Labute approximate surface area is 144 Å². The van der Waals surface area contributed by atoms with Crippen LogP contribution >= 0.6 is 0 Å². The number of carbonyl (C=O) groups excluding carboxylic acids is 2. The summed E-state index contributed by atoms with van der Waals surface area (Å²) in [5.41, 5.74) is 2.25. The standard InChI is InChI=1S/C17H23N3O3S/c1-13-3-5-14(6-4-13)11-18-16(22)20-9-7-17(8-10-20)19(2)15(21)12-24(17)23/h3-6H,7-12H2,1-2H3,(H,18,22). The molecule has 130 valence electrons. The first kappa shape index (κ1) is 17.0. The van der Waals surface area contributed by atoms with Crippen LogP contribution in [0, 0.1) is 6.92 Å². The predicted octanol–water partition coefficient (Wildman–Crippen LogP) is 1.22. The van der Waals surface area contributed by atoms with Crippen molar-refractivity contribution in [2.45, 2.75) is 31.2 Å². The Morgan fingerprint density at radius 2 is 1.88 bits per heavy atom. The molecule has 24 heavy (non-hydrogen) atoms. The van der Waals surface area contributed by atoms with Crippen molar-refractivity contribution in [2.24, 2.45) is 0 Å². The summed E-state index contributed by atoms with van der Waals surface area (Å²) < 4.78 is 12.3. The number of carbonyl (C=O) groups is 2. The van der Waals surface area contributed by atoms with Crippen LogP contribution < -0.4 is 5.32 Å². The lowest BCUT2D eigenvalue weighted by Gasteiger charge is -2.41. The van der Waals surface area contributed by atoms with Crippen LogP contribution in [-0.4, -0.2) is 56.7 Å². The molecular formula is C17H23N3O3S. The summed E-state index contributed by atoms with van der Waals surface area (Å²) in [4.78, 5) is 26.9. The van der Waals surface area contributed by atoms with Gasteiger partial charge in [0, 0.05) is 39.5 Å². The highest BCUT2D eigenvalue weighted by molar-refractivity contribution is 7.87. The van der Waals surface area contributed by atoms with Crippen LogP contribution in [0.5, 0.6) is 0 Å². The molecule has 0 aliphatic carbocycles. The summed E-state index contributed by atoms with van der Waals surface area (Å²) in [6.07, 6.45) is 1.14. The van der Waals surface area contributed by atoms with Crippen LogP contribution in [0.4, 0.5) is 4.79 Å². The number of likely N-dealkylation sites (tertiary alicyclic amines) is 1. The van der Waals surface area contributed by atoms with Crippen LogP contribution in [0.15, 0.2) is 24.3 Å². The van der Waals surface area contributed by atoms with Gasteiger partial charge in [0.05, 0.1) is 10.8 Å². The molecule has 1 aromatic rings. The molecule has 2 heterocycles. The molecule has 2 aliphatic heterocycles. The van der Waals surface area contributed by atoms with Gasteiger partial charge in [0.25, 0.3) is 0 Å². The van der Waals surface area contributed by atoms with Gasteiger partial charge in [-0.15, -0.1) is 0 Å². The molecule has 7 heteroatoms. The number of benzene rings is 1. The average molecular weight is 349 g/mol. The molecule has 2 fully saturated rings. The normalized spacial score (nSPS) is 22.9. The Balaban J connectivity index is 1.54. The second kappa shape index (κ2) is 6.55. The third kappa shape index (κ3) is 3.05. The van der Waals surface area contributed by atoms with Crippen molar-refractivity contribution >= 4 is 22.7 Å². The largest absolute Gasteiger partial charge is 0.334 e. The van der Waals surface area contributed by atoms with E-state index in [0.29, 0.717) is 32.5 Å². The molecule has 2 saturated heterocycles. The number of amides is 3. The van der Waals surface area contributed by atoms with Crippen molar-refractivity contribution in [1.29, 1.82) is 0 Å². The molecule has 1 unspecified atom stereocenters. The number of rotatable bonds is 2. The van der Waals surface area contributed by atoms with E-state index in [4.69, 9.17) is 0 Å². The third-order valence-corrected chi connectivity index (χ3v) is 7.10. The molecular weight excluding hydrogens is 326 g/mol. The lowest BCUT2D eigenvalue weighted by molar-refractivity contribution is -0.129. The maximum absolute atomic E-state index is 12.3. The summed E-state index contributed by atoms with van der Waals surface area (Å²) in [6.45, 7) is 3.55. The van der Waals surface area contributed by atoms with Crippen molar-refractivity contribution in [1.82, 2.24) is 15.1 Å². The van der Waals surface area contributed by atoms with Crippen molar-refractivity contribution in [3.8, 4) is 0 Å². The first-order valence-corrected chi connectivity index (χ1v) is 9.48. The summed E-state index contributed by atoms with van der Waals surface area (Å²) in [5.74, 6) is 0.0430. The third-order valence-electron chi connectivity index (χ3n) is 5.06. The Bertz CT molecular complexity index is 666. The molecule has 2 aliphatic rings. The van der Waals surface area contributed by atoms with Gasteiger partial charge in [-0.25, -0.2) is 4.79 Å². The zero-order chi connectivity index (χ0) is 17.3. The van der Waals surface area contributed by atoms with Gasteiger partial charge in [0.15, 0.2) is 0 Å². The molecule has 0 aromatic heterocycles. The summed E-state index contributed by atoms with van der Waals surface area (Å²) in [5, 5.41) is 2.93. The first-order chi connectivity index (χ1) is 11.4. The maximum Gasteiger partial charge on any atom is 0.317 e. The van der Waals surface area contributed by atoms with E-state index >= 15 is 0 Å². The van der Waals surface area contributed by atoms with Crippen molar-refractivity contribution < 1.29 is 13.8 Å². The van der Waals surface area contributed by atoms with Gasteiger partial charge in [-0.2, -0.15) is 0 Å². The second-order valence-corrected chi connectivity index (χ2v) is 8.26. The predicted molar refractivity (Wildman–Crippen MR) is 92.7 cm³/mol. The van der Waals surface area contributed by atoms with Crippen molar-refractivity contribution in [3.63, 3.8) is 0 Å². The van der Waals surface area contributed by atoms with Gasteiger partial charge >= 0.3 is 6.03 Å². The zero-order valence-corrected chi connectivity index (χ0v) is 14.9. The molecule has 1 aromatic carbocycles. The fraction of sp³-hybridized carbons (Fsp3) is 0.529. The Kier molecular flexibility index (Phi) is 4.62. The zero-order valence-electron chi connectivity index (χ0n) is 14.1. The molecule has 0 saturated carbocycles. The fourth-order valence-electron chi connectivity index (χ4n) is 3.34. The van der Waals surface area contributed by atoms with Gasteiger partial charge in [-0.1, -0.05) is 29.8 Å². The highest BCUT2D eigenvalue weighted by atomic mass is 32.2. The molecule has 1 N–H and O–H groups in total. The first-order valence-electron chi connectivity index (χ1n) is 8.16. The molecule has 3 rings (SSSR count). The van der Waals surface area contributed by atoms with E-state index in [0.717, 1.165) is 5.56 Å². The van der Waals surface area contributed by atoms with Gasteiger partial charge in [0.2, 0.25) is 5.91 Å². The van der Waals surface area contributed by atoms with Crippen LogP contribution in [-0.2, 0) is 22.1 Å². The Morgan fingerprint density at radius 3 is 2.42 bits per heavy atom. The smallest absolute Gasteiger partial charge is 0.317 e. The van der Waals surface area contributed by atoms with Crippen LogP contribution in [0.3, 0.4) is 0 Å². The number of aryl methyl sites for hydroxylation is 1. The lowest BCUT2D eigenvalue weighted by atomic mass is 10.0. The number of urea groups is 1. The van der Waals surface area contributed by atoms with E-state index in [1.54, 1.807) is 16.8 Å². The maximum atomic E-state index is 12.3. The molecule has 6 nitrogen and oxygen atoms in total. The van der Waals surface area contributed by atoms with E-state index in [1.807, 2.05) is 31.2 Å². The number of piperidine rings is 1. The number of nitrogens with one attached hydrogen (secondary N) is 1. The van der Waals surface area contributed by atoms with Gasteiger partial charge in [0.1, 0.15) is 10.6 Å². The SMILES string of the molecule is Cc1ccc(CNC(=O)N2CCC3(CC2)N(C)C(=O)CS3=O)cc1. The minimum Gasteiger partial charge on any atom is -0.334 e. The fourth-order valence-corrected chi connectivity index (χ4v) is 5.07. The summed E-state index contributed by atoms with van der Waals surface area (Å²) in [6, 6.07) is 7.94. The second-order valence-electron chi connectivity index (χ2n) is 6.52. The lowest BCUT2D eigenvalue weighted by Crippen LogP contribution is -2.55. The minimum absolute atomic E-state index is 0.0643. The molecule has 0 radical (unpaired) electrons. The van der Waals surface area contributed by atoms with Gasteiger partial charge in [-0.3, -0.25) is 9.00 Å². The van der Waals surface area contributed by atoms with E-state index in [1.165, 1.54) is 5.56 Å².